The standard InChI is InChI=1S/C26H21BN2O2/c30-27(31)23-14-12-20(13-15-23)25-17-24(19-7-2-1-3-8-19)28-26(29-25)22-11-10-18-6-4-5-9-21(18)16-22/h1-17,25,30-31H,(H,28,29). The molecule has 4 aromatic rings. The molecule has 1 unspecified atom stereocenters. The van der Waals surface area contributed by atoms with Crippen LogP contribution in [0.1, 0.15) is 22.7 Å². The van der Waals surface area contributed by atoms with E-state index in [1.54, 1.807) is 12.1 Å². The fourth-order valence-electron chi connectivity index (χ4n) is 3.84. The Bertz CT molecular complexity index is 1280. The summed E-state index contributed by atoms with van der Waals surface area (Å²) in [5.41, 5.74) is 4.55. The van der Waals surface area contributed by atoms with Crippen LogP contribution in [0.4, 0.5) is 0 Å². The molecule has 0 saturated carbocycles. The van der Waals surface area contributed by atoms with Gasteiger partial charge in [-0.15, -0.1) is 0 Å². The van der Waals surface area contributed by atoms with Gasteiger partial charge in [0.2, 0.25) is 0 Å². The van der Waals surface area contributed by atoms with Gasteiger partial charge in [-0.1, -0.05) is 91.0 Å². The van der Waals surface area contributed by atoms with Gasteiger partial charge in [0.25, 0.3) is 0 Å². The summed E-state index contributed by atoms with van der Waals surface area (Å²) in [5, 5.41) is 24.7. The van der Waals surface area contributed by atoms with Crippen molar-refractivity contribution in [3.63, 3.8) is 0 Å². The summed E-state index contributed by atoms with van der Waals surface area (Å²) in [6, 6.07) is 31.9. The van der Waals surface area contributed by atoms with Crippen LogP contribution in [0, 0.1) is 0 Å². The molecule has 1 heterocycles. The molecule has 31 heavy (non-hydrogen) atoms. The Balaban J connectivity index is 1.58. The first-order valence-corrected chi connectivity index (χ1v) is 10.2. The van der Waals surface area contributed by atoms with Gasteiger partial charge in [0, 0.05) is 11.3 Å². The monoisotopic (exact) mass is 404 g/mol. The maximum absolute atomic E-state index is 9.40. The summed E-state index contributed by atoms with van der Waals surface area (Å²) in [7, 11) is -1.48. The van der Waals surface area contributed by atoms with E-state index in [4.69, 9.17) is 4.99 Å². The molecule has 0 spiro atoms. The highest BCUT2D eigenvalue weighted by atomic mass is 16.4. The average molecular weight is 404 g/mol. The number of fused-ring (bicyclic) bond motifs is 1. The minimum atomic E-state index is -1.48. The van der Waals surface area contributed by atoms with Crippen LogP contribution in [0.25, 0.3) is 16.5 Å². The van der Waals surface area contributed by atoms with Crippen molar-refractivity contribution in [3.05, 3.63) is 120 Å². The smallest absolute Gasteiger partial charge is 0.423 e. The van der Waals surface area contributed by atoms with Gasteiger partial charge in [0.1, 0.15) is 5.84 Å². The third-order valence-corrected chi connectivity index (χ3v) is 5.53. The van der Waals surface area contributed by atoms with Crippen LogP contribution in [0.3, 0.4) is 0 Å². The molecule has 0 bridgehead atoms. The quantitative estimate of drug-likeness (QED) is 0.455. The van der Waals surface area contributed by atoms with E-state index in [1.807, 2.05) is 42.5 Å². The molecule has 5 rings (SSSR count). The van der Waals surface area contributed by atoms with Crippen molar-refractivity contribution in [2.24, 2.45) is 4.99 Å². The number of aliphatic imine (C=N–C) groups is 1. The van der Waals surface area contributed by atoms with Gasteiger partial charge in [0.15, 0.2) is 0 Å². The maximum atomic E-state index is 9.40. The van der Waals surface area contributed by atoms with Crippen LogP contribution < -0.4 is 10.8 Å². The zero-order valence-electron chi connectivity index (χ0n) is 16.8. The van der Waals surface area contributed by atoms with Gasteiger partial charge in [-0.05, 0) is 39.5 Å². The molecule has 3 N–H and O–H groups in total. The van der Waals surface area contributed by atoms with E-state index < -0.39 is 7.12 Å². The number of benzene rings is 4. The molecule has 0 fully saturated rings. The highest BCUT2D eigenvalue weighted by Crippen LogP contribution is 2.28. The molecule has 5 heteroatoms. The number of rotatable bonds is 4. The van der Waals surface area contributed by atoms with Crippen molar-refractivity contribution in [1.29, 1.82) is 0 Å². The molecule has 0 radical (unpaired) electrons. The van der Waals surface area contributed by atoms with Gasteiger partial charge in [-0.2, -0.15) is 0 Å². The molecule has 4 nitrogen and oxygen atoms in total. The van der Waals surface area contributed by atoms with Crippen molar-refractivity contribution in [2.45, 2.75) is 6.04 Å². The van der Waals surface area contributed by atoms with E-state index >= 15 is 0 Å². The SMILES string of the molecule is OB(O)c1ccc(C2C=C(c3ccccc3)NC(c3ccc4ccccc4c3)=N2)cc1. The summed E-state index contributed by atoms with van der Waals surface area (Å²) in [4.78, 5) is 4.98. The van der Waals surface area contributed by atoms with Crippen LogP contribution >= 0.6 is 0 Å². The number of hydrogen-bond acceptors (Lipinski definition) is 4. The fraction of sp³-hybridized carbons (Fsp3) is 0.0385. The lowest BCUT2D eigenvalue weighted by Gasteiger charge is -2.23. The van der Waals surface area contributed by atoms with E-state index in [9.17, 15) is 10.0 Å². The van der Waals surface area contributed by atoms with Crippen LogP contribution in [0.5, 0.6) is 0 Å². The molecule has 4 aromatic carbocycles. The number of nitrogens with zero attached hydrogens (tertiary/aromatic N) is 1. The first kappa shape index (κ1) is 19.3. The Morgan fingerprint density at radius 1 is 0.710 bits per heavy atom. The third-order valence-electron chi connectivity index (χ3n) is 5.53. The normalized spacial score (nSPS) is 15.7. The molecule has 0 saturated heterocycles. The van der Waals surface area contributed by atoms with Crippen molar-refractivity contribution >= 4 is 34.9 Å². The van der Waals surface area contributed by atoms with Gasteiger partial charge in [-0.25, -0.2) is 0 Å². The Kier molecular flexibility index (Phi) is 5.12. The van der Waals surface area contributed by atoms with Crippen molar-refractivity contribution < 1.29 is 10.0 Å². The van der Waals surface area contributed by atoms with Crippen LogP contribution in [0.15, 0.2) is 108 Å². The van der Waals surface area contributed by atoms with Gasteiger partial charge >= 0.3 is 7.12 Å². The van der Waals surface area contributed by atoms with E-state index in [1.165, 1.54) is 5.39 Å². The van der Waals surface area contributed by atoms with E-state index in [0.717, 1.165) is 33.6 Å². The minimum absolute atomic E-state index is 0.192. The molecule has 1 atom stereocenters. The summed E-state index contributed by atoms with van der Waals surface area (Å²) < 4.78 is 0. The predicted octanol–water partition coefficient (Wildman–Crippen LogP) is 3.65. The Hall–Kier alpha value is -3.67. The Morgan fingerprint density at radius 3 is 2.16 bits per heavy atom. The van der Waals surface area contributed by atoms with Gasteiger partial charge in [-0.3, -0.25) is 4.99 Å². The zero-order valence-corrected chi connectivity index (χ0v) is 16.8. The molecule has 1 aliphatic rings. The second kappa shape index (κ2) is 8.22. The second-order valence-corrected chi connectivity index (χ2v) is 7.60. The highest BCUT2D eigenvalue weighted by Gasteiger charge is 2.20. The van der Waals surface area contributed by atoms with E-state index in [-0.39, 0.29) is 6.04 Å². The van der Waals surface area contributed by atoms with Crippen LogP contribution in [0.2, 0.25) is 0 Å². The zero-order chi connectivity index (χ0) is 21.2. The number of amidine groups is 1. The van der Waals surface area contributed by atoms with Crippen LogP contribution in [-0.2, 0) is 0 Å². The molecule has 0 aromatic heterocycles. The summed E-state index contributed by atoms with van der Waals surface area (Å²) in [5.74, 6) is 0.809. The fourth-order valence-corrected chi connectivity index (χ4v) is 3.84. The lowest BCUT2D eigenvalue weighted by Crippen LogP contribution is -2.30. The molecule has 1 aliphatic heterocycles. The predicted molar refractivity (Wildman–Crippen MR) is 127 cm³/mol. The van der Waals surface area contributed by atoms with Crippen molar-refractivity contribution in [1.82, 2.24) is 5.32 Å². The Morgan fingerprint density at radius 2 is 1.42 bits per heavy atom. The van der Waals surface area contributed by atoms with Gasteiger partial charge < -0.3 is 15.4 Å². The molecular weight excluding hydrogens is 383 g/mol. The lowest BCUT2D eigenvalue weighted by atomic mass is 9.80. The van der Waals surface area contributed by atoms with Crippen LogP contribution in [-0.4, -0.2) is 23.0 Å². The lowest BCUT2D eigenvalue weighted by molar-refractivity contribution is 0.426. The summed E-state index contributed by atoms with van der Waals surface area (Å²) in [6.45, 7) is 0. The second-order valence-electron chi connectivity index (χ2n) is 7.60. The van der Waals surface area contributed by atoms with E-state index in [0.29, 0.717) is 5.46 Å². The topological polar surface area (TPSA) is 64.8 Å². The molecular formula is C26H21BN2O2. The summed E-state index contributed by atoms with van der Waals surface area (Å²) in [6.07, 6.45) is 2.10. The third kappa shape index (κ3) is 4.01. The highest BCUT2D eigenvalue weighted by molar-refractivity contribution is 6.58. The first-order chi connectivity index (χ1) is 15.2. The average Bonchev–Trinajstić information content (AvgIpc) is 2.84. The van der Waals surface area contributed by atoms with Crippen molar-refractivity contribution in [2.75, 3.05) is 0 Å². The molecule has 0 aliphatic carbocycles. The minimum Gasteiger partial charge on any atom is -0.423 e. The number of nitrogens with one attached hydrogen (secondary N) is 1. The molecule has 0 amide bonds. The maximum Gasteiger partial charge on any atom is 0.488 e. The summed E-state index contributed by atoms with van der Waals surface area (Å²) >= 11 is 0. The van der Waals surface area contributed by atoms with Gasteiger partial charge in [0.05, 0.1) is 6.04 Å². The van der Waals surface area contributed by atoms with Crippen molar-refractivity contribution in [3.8, 4) is 0 Å². The van der Waals surface area contributed by atoms with E-state index in [2.05, 4.69) is 53.9 Å². The Labute approximate surface area is 181 Å². The first-order valence-electron chi connectivity index (χ1n) is 10.2. The number of hydrogen-bond donors (Lipinski definition) is 3. The largest absolute Gasteiger partial charge is 0.488 e. The molecule has 150 valence electrons.